The van der Waals surface area contributed by atoms with Crippen LogP contribution in [0, 0.1) is 0 Å². The highest BCUT2D eigenvalue weighted by atomic mass is 16.5. The first-order valence-electron chi connectivity index (χ1n) is 15.8. The third kappa shape index (κ3) is 3.55. The van der Waals surface area contributed by atoms with Gasteiger partial charge in [0.2, 0.25) is 0 Å². The minimum atomic E-state index is 0.0510. The van der Waals surface area contributed by atoms with Crippen molar-refractivity contribution in [3.05, 3.63) is 164 Å². The molecule has 0 fully saturated rings. The van der Waals surface area contributed by atoms with E-state index in [0.717, 1.165) is 28.6 Å². The van der Waals surface area contributed by atoms with Crippen LogP contribution in [0.1, 0.15) is 0 Å². The van der Waals surface area contributed by atoms with Crippen LogP contribution in [-0.2, 0) is 0 Å². The lowest BCUT2D eigenvalue weighted by atomic mass is 9.34. The van der Waals surface area contributed by atoms with Gasteiger partial charge >= 0.3 is 0 Å². The summed E-state index contributed by atoms with van der Waals surface area (Å²) in [6.45, 7) is 0.0510. The fourth-order valence-electron chi connectivity index (χ4n) is 7.74. The number of aromatic nitrogens is 1. The predicted octanol–water partition coefficient (Wildman–Crippen LogP) is 8.86. The highest BCUT2D eigenvalue weighted by Gasteiger charge is 2.41. The van der Waals surface area contributed by atoms with Crippen LogP contribution in [0.15, 0.2) is 164 Å². The van der Waals surface area contributed by atoms with Crippen molar-refractivity contribution in [1.29, 1.82) is 0 Å². The zero-order valence-electron chi connectivity index (χ0n) is 25.0. The van der Waals surface area contributed by atoms with E-state index in [9.17, 15) is 0 Å². The lowest BCUT2D eigenvalue weighted by Gasteiger charge is -2.34. The van der Waals surface area contributed by atoms with Crippen LogP contribution in [0.25, 0.3) is 38.6 Å². The molecule has 2 aliphatic rings. The molecule has 3 nitrogen and oxygen atoms in total. The topological polar surface area (TPSA) is 17.4 Å². The fourth-order valence-corrected chi connectivity index (χ4v) is 7.74. The van der Waals surface area contributed by atoms with Crippen LogP contribution in [-0.4, -0.2) is 11.3 Å². The summed E-state index contributed by atoms with van der Waals surface area (Å²) in [4.78, 5) is 2.35. The normalized spacial score (nSPS) is 12.5. The third-order valence-electron chi connectivity index (χ3n) is 9.62. The maximum Gasteiger partial charge on any atom is 0.256 e. The predicted molar refractivity (Wildman–Crippen MR) is 192 cm³/mol. The number of nitrogens with zero attached hydrogens (tertiary/aromatic N) is 2. The molecule has 0 amide bonds. The molecular weight excluding hydrogens is 559 g/mol. The Morgan fingerprint density at radius 1 is 0.522 bits per heavy atom. The summed E-state index contributed by atoms with van der Waals surface area (Å²) in [6, 6.07) is 58.7. The third-order valence-corrected chi connectivity index (χ3v) is 9.62. The number of hydrogen-bond acceptors (Lipinski definition) is 2. The van der Waals surface area contributed by atoms with Gasteiger partial charge in [-0.2, -0.15) is 0 Å². The Bertz CT molecular complexity index is 2410. The standard InChI is InChI=1S/C42H27BN2O/c1-4-14-28(15-5-1)33-27-39-41-42-40(33)32-20-10-12-22-36(32)45(42)37-26-31(24-25-34(37)43(41)35-21-11-13-23-38(35)46-39)44(29-16-6-2-7-17-29)30-18-8-3-9-19-30/h1-27H. The summed E-state index contributed by atoms with van der Waals surface area (Å²) in [7, 11) is 0. The van der Waals surface area contributed by atoms with Gasteiger partial charge in [-0.3, -0.25) is 0 Å². The maximum atomic E-state index is 6.77. The van der Waals surface area contributed by atoms with Crippen molar-refractivity contribution in [1.82, 2.24) is 4.57 Å². The Hall–Kier alpha value is -6.00. The molecule has 0 saturated carbocycles. The first-order chi connectivity index (χ1) is 22.8. The molecule has 2 aliphatic heterocycles. The summed E-state index contributed by atoms with van der Waals surface area (Å²) in [5, 5.41) is 2.52. The van der Waals surface area contributed by atoms with E-state index < -0.39 is 0 Å². The van der Waals surface area contributed by atoms with Gasteiger partial charge in [0.05, 0.1) is 11.0 Å². The first kappa shape index (κ1) is 25.3. The van der Waals surface area contributed by atoms with Crippen molar-refractivity contribution >= 4 is 62.0 Å². The minimum Gasteiger partial charge on any atom is -0.458 e. The Morgan fingerprint density at radius 2 is 1.17 bits per heavy atom. The van der Waals surface area contributed by atoms with Crippen molar-refractivity contribution in [2.24, 2.45) is 0 Å². The number of anilines is 3. The Labute approximate surface area is 267 Å². The molecule has 7 aromatic carbocycles. The van der Waals surface area contributed by atoms with Crippen LogP contribution >= 0.6 is 0 Å². The molecule has 0 unspecified atom stereocenters. The Balaban J connectivity index is 1.34. The minimum absolute atomic E-state index is 0.0510. The van der Waals surface area contributed by atoms with Crippen LogP contribution < -0.4 is 26.0 Å². The molecule has 0 radical (unpaired) electrons. The van der Waals surface area contributed by atoms with Gasteiger partial charge in [0, 0.05) is 33.5 Å². The number of ether oxygens (including phenoxy) is 1. The van der Waals surface area contributed by atoms with Gasteiger partial charge in [-0.1, -0.05) is 109 Å². The number of hydrogen-bond donors (Lipinski definition) is 0. The summed E-state index contributed by atoms with van der Waals surface area (Å²) >= 11 is 0. The highest BCUT2D eigenvalue weighted by Crippen LogP contribution is 2.44. The van der Waals surface area contributed by atoms with Crippen molar-refractivity contribution in [3.8, 4) is 28.3 Å². The molecule has 0 spiro atoms. The molecule has 4 heteroatoms. The fraction of sp³-hybridized carbons (Fsp3) is 0. The van der Waals surface area contributed by atoms with Gasteiger partial charge in [0.1, 0.15) is 11.5 Å². The maximum absolute atomic E-state index is 6.77. The SMILES string of the molecule is c1ccc(-c2cc3c4c5c2c2ccccc2n5-c2cc(N(c5ccccc5)c5ccccc5)ccc2B4c2ccccc2O3)cc1. The zero-order chi connectivity index (χ0) is 30.2. The van der Waals surface area contributed by atoms with Gasteiger partial charge < -0.3 is 14.2 Å². The highest BCUT2D eigenvalue weighted by molar-refractivity contribution is 6.99. The van der Waals surface area contributed by atoms with Crippen molar-refractivity contribution in [2.45, 2.75) is 0 Å². The molecule has 3 heterocycles. The average Bonchev–Trinajstić information content (AvgIpc) is 3.48. The monoisotopic (exact) mass is 586 g/mol. The Kier molecular flexibility index (Phi) is 5.37. The quantitative estimate of drug-likeness (QED) is 0.192. The molecule has 0 aliphatic carbocycles. The molecule has 0 saturated heterocycles. The second kappa shape index (κ2) is 9.75. The molecule has 10 rings (SSSR count). The number of fused-ring (bicyclic) bond motifs is 8. The summed E-state index contributed by atoms with van der Waals surface area (Å²) in [6.07, 6.45) is 0. The van der Waals surface area contributed by atoms with E-state index in [1.54, 1.807) is 0 Å². The van der Waals surface area contributed by atoms with Gasteiger partial charge in [-0.15, -0.1) is 0 Å². The summed E-state index contributed by atoms with van der Waals surface area (Å²) < 4.78 is 9.27. The second-order valence-electron chi connectivity index (χ2n) is 12.1. The smallest absolute Gasteiger partial charge is 0.256 e. The molecule has 0 N–H and O–H groups in total. The molecule has 214 valence electrons. The van der Waals surface area contributed by atoms with E-state index in [-0.39, 0.29) is 6.71 Å². The first-order valence-corrected chi connectivity index (χ1v) is 15.8. The molecule has 1 aromatic heterocycles. The van der Waals surface area contributed by atoms with E-state index in [2.05, 4.69) is 173 Å². The van der Waals surface area contributed by atoms with E-state index >= 15 is 0 Å². The molecular formula is C42H27BN2O. The average molecular weight is 587 g/mol. The van der Waals surface area contributed by atoms with E-state index in [0.29, 0.717) is 0 Å². The van der Waals surface area contributed by atoms with E-state index in [1.807, 2.05) is 0 Å². The van der Waals surface area contributed by atoms with Gasteiger partial charge in [0.15, 0.2) is 0 Å². The van der Waals surface area contributed by atoms with Crippen LogP contribution in [0.2, 0.25) is 0 Å². The van der Waals surface area contributed by atoms with Crippen LogP contribution in [0.3, 0.4) is 0 Å². The summed E-state index contributed by atoms with van der Waals surface area (Å²) in [5.74, 6) is 1.86. The van der Waals surface area contributed by atoms with E-state index in [4.69, 9.17) is 4.74 Å². The molecule has 46 heavy (non-hydrogen) atoms. The lowest BCUT2D eigenvalue weighted by molar-refractivity contribution is 0.488. The van der Waals surface area contributed by atoms with Gasteiger partial charge in [-0.25, -0.2) is 0 Å². The van der Waals surface area contributed by atoms with Gasteiger partial charge in [0.25, 0.3) is 6.71 Å². The Morgan fingerprint density at radius 3 is 1.93 bits per heavy atom. The zero-order valence-corrected chi connectivity index (χ0v) is 25.0. The van der Waals surface area contributed by atoms with Crippen molar-refractivity contribution in [2.75, 3.05) is 4.90 Å². The molecule has 0 atom stereocenters. The van der Waals surface area contributed by atoms with Gasteiger partial charge in [-0.05, 0) is 82.1 Å². The molecule has 0 bridgehead atoms. The van der Waals surface area contributed by atoms with Crippen LogP contribution in [0.5, 0.6) is 11.5 Å². The van der Waals surface area contributed by atoms with Crippen LogP contribution in [0.4, 0.5) is 17.1 Å². The largest absolute Gasteiger partial charge is 0.458 e. The molecule has 8 aromatic rings. The number of rotatable bonds is 4. The van der Waals surface area contributed by atoms with E-state index in [1.165, 1.54) is 55.0 Å². The second-order valence-corrected chi connectivity index (χ2v) is 12.1. The summed E-state index contributed by atoms with van der Waals surface area (Å²) in [5.41, 5.74) is 13.1. The van der Waals surface area contributed by atoms with Crippen molar-refractivity contribution < 1.29 is 4.74 Å². The van der Waals surface area contributed by atoms with Crippen molar-refractivity contribution in [3.63, 3.8) is 0 Å². The lowest BCUT2D eigenvalue weighted by Crippen LogP contribution is -2.58. The number of benzene rings is 7. The number of para-hydroxylation sites is 4.